The van der Waals surface area contributed by atoms with E-state index in [1.807, 2.05) is 12.1 Å². The first-order valence-corrected chi connectivity index (χ1v) is 7.20. The molecule has 0 aliphatic heterocycles. The average Bonchev–Trinajstić information content (AvgIpc) is 2.28. The summed E-state index contributed by atoms with van der Waals surface area (Å²) >= 11 is 2.26. The average molecular weight is 346 g/mol. The molecular formula is C13H19IN2O. The molecule has 1 aliphatic rings. The second-order valence-corrected chi connectivity index (χ2v) is 6.04. The highest BCUT2D eigenvalue weighted by atomic mass is 127. The Hall–Kier alpha value is -0.490. The van der Waals surface area contributed by atoms with Gasteiger partial charge in [-0.3, -0.25) is 0 Å². The van der Waals surface area contributed by atoms with E-state index in [1.54, 1.807) is 0 Å². The fourth-order valence-corrected chi connectivity index (χ4v) is 2.91. The lowest BCUT2D eigenvalue weighted by Crippen LogP contribution is -2.25. The summed E-state index contributed by atoms with van der Waals surface area (Å²) in [6.45, 7) is 0.905. The molecule has 0 bridgehead atoms. The fourth-order valence-electron chi connectivity index (χ4n) is 2.40. The SMILES string of the molecule is Nc1cc(I)ccc1NCC1CCCC(O)C1. The lowest BCUT2D eigenvalue weighted by Gasteiger charge is -2.26. The summed E-state index contributed by atoms with van der Waals surface area (Å²) in [6.07, 6.45) is 4.10. The Labute approximate surface area is 116 Å². The van der Waals surface area contributed by atoms with Gasteiger partial charge in [0.1, 0.15) is 0 Å². The summed E-state index contributed by atoms with van der Waals surface area (Å²) in [7, 11) is 0. The number of aliphatic hydroxyl groups is 1. The van der Waals surface area contributed by atoms with E-state index < -0.39 is 0 Å². The van der Waals surface area contributed by atoms with Gasteiger partial charge in [0.15, 0.2) is 0 Å². The standard InChI is InChI=1S/C13H19IN2O/c14-10-4-5-13(12(15)7-10)16-8-9-2-1-3-11(17)6-9/h4-5,7,9,11,16-17H,1-3,6,8,15H2. The highest BCUT2D eigenvalue weighted by molar-refractivity contribution is 14.1. The maximum Gasteiger partial charge on any atom is 0.0574 e. The molecule has 1 aromatic rings. The third-order valence-corrected chi connectivity index (χ3v) is 4.02. The first-order chi connectivity index (χ1) is 8.15. The first-order valence-electron chi connectivity index (χ1n) is 6.12. The van der Waals surface area contributed by atoms with Crippen LogP contribution in [0.25, 0.3) is 0 Å². The molecule has 3 nitrogen and oxygen atoms in total. The van der Waals surface area contributed by atoms with Gasteiger partial charge in [0.25, 0.3) is 0 Å². The summed E-state index contributed by atoms with van der Waals surface area (Å²) in [5.74, 6) is 0.567. The monoisotopic (exact) mass is 346 g/mol. The molecule has 2 unspecified atom stereocenters. The summed E-state index contributed by atoms with van der Waals surface area (Å²) in [4.78, 5) is 0. The third-order valence-electron chi connectivity index (χ3n) is 3.35. The molecule has 1 aromatic carbocycles. The largest absolute Gasteiger partial charge is 0.397 e. The van der Waals surface area contributed by atoms with Crippen LogP contribution in [0.3, 0.4) is 0 Å². The van der Waals surface area contributed by atoms with E-state index >= 15 is 0 Å². The zero-order valence-corrected chi connectivity index (χ0v) is 12.0. The normalized spacial score (nSPS) is 24.6. The number of benzene rings is 1. The summed E-state index contributed by atoms with van der Waals surface area (Å²) in [5.41, 5.74) is 7.75. The van der Waals surface area contributed by atoms with Gasteiger partial charge in [-0.25, -0.2) is 0 Å². The quantitative estimate of drug-likeness (QED) is 0.583. The number of nitrogen functional groups attached to an aromatic ring is 1. The minimum absolute atomic E-state index is 0.107. The van der Waals surface area contributed by atoms with Crippen LogP contribution in [0.1, 0.15) is 25.7 Å². The van der Waals surface area contributed by atoms with Crippen LogP contribution in [0, 0.1) is 9.49 Å². The van der Waals surface area contributed by atoms with Gasteiger partial charge >= 0.3 is 0 Å². The lowest BCUT2D eigenvalue weighted by atomic mass is 9.87. The Morgan fingerprint density at radius 3 is 2.94 bits per heavy atom. The number of aliphatic hydroxyl groups excluding tert-OH is 1. The van der Waals surface area contributed by atoms with Crippen LogP contribution in [0.5, 0.6) is 0 Å². The number of rotatable bonds is 3. The molecule has 94 valence electrons. The number of nitrogens with two attached hydrogens (primary N) is 1. The minimum atomic E-state index is -0.107. The molecule has 0 heterocycles. The van der Waals surface area contributed by atoms with Gasteiger partial charge in [0.05, 0.1) is 17.5 Å². The van der Waals surface area contributed by atoms with E-state index in [-0.39, 0.29) is 6.10 Å². The van der Waals surface area contributed by atoms with Crippen LogP contribution in [-0.4, -0.2) is 17.8 Å². The molecule has 17 heavy (non-hydrogen) atoms. The van der Waals surface area contributed by atoms with Crippen molar-refractivity contribution >= 4 is 34.0 Å². The van der Waals surface area contributed by atoms with Crippen molar-refractivity contribution in [3.05, 3.63) is 21.8 Å². The van der Waals surface area contributed by atoms with Gasteiger partial charge in [0.2, 0.25) is 0 Å². The summed E-state index contributed by atoms with van der Waals surface area (Å²) < 4.78 is 1.15. The second kappa shape index (κ2) is 5.91. The summed E-state index contributed by atoms with van der Waals surface area (Å²) in [6, 6.07) is 6.05. The molecule has 4 heteroatoms. The molecule has 4 N–H and O–H groups in total. The van der Waals surface area contributed by atoms with Gasteiger partial charge in [-0.05, 0) is 66.0 Å². The van der Waals surface area contributed by atoms with Crippen LogP contribution in [0.4, 0.5) is 11.4 Å². The number of nitrogens with one attached hydrogen (secondary N) is 1. The van der Waals surface area contributed by atoms with Crippen molar-refractivity contribution in [2.75, 3.05) is 17.6 Å². The molecule has 0 saturated heterocycles. The van der Waals surface area contributed by atoms with Crippen molar-refractivity contribution in [1.82, 2.24) is 0 Å². The van der Waals surface area contributed by atoms with Crippen LogP contribution >= 0.6 is 22.6 Å². The predicted molar refractivity (Wildman–Crippen MR) is 80.0 cm³/mol. The third kappa shape index (κ3) is 3.74. The Balaban J connectivity index is 1.88. The van der Waals surface area contributed by atoms with Crippen LogP contribution in [0.15, 0.2) is 18.2 Å². The highest BCUT2D eigenvalue weighted by Gasteiger charge is 2.19. The second-order valence-electron chi connectivity index (χ2n) is 4.80. The number of hydrogen-bond donors (Lipinski definition) is 3. The molecule has 2 rings (SSSR count). The van der Waals surface area contributed by atoms with E-state index in [4.69, 9.17) is 5.73 Å². The van der Waals surface area contributed by atoms with Crippen molar-refractivity contribution < 1.29 is 5.11 Å². The highest BCUT2D eigenvalue weighted by Crippen LogP contribution is 2.26. The van der Waals surface area contributed by atoms with Crippen LogP contribution in [-0.2, 0) is 0 Å². The zero-order valence-electron chi connectivity index (χ0n) is 9.82. The molecule has 0 radical (unpaired) electrons. The van der Waals surface area contributed by atoms with Gasteiger partial charge < -0.3 is 16.2 Å². The fraction of sp³-hybridized carbons (Fsp3) is 0.538. The van der Waals surface area contributed by atoms with Gasteiger partial charge in [-0.1, -0.05) is 6.42 Å². The topological polar surface area (TPSA) is 58.3 Å². The molecular weight excluding hydrogens is 327 g/mol. The van der Waals surface area contributed by atoms with E-state index in [1.165, 1.54) is 6.42 Å². The van der Waals surface area contributed by atoms with E-state index in [2.05, 4.69) is 34.0 Å². The molecule has 0 aromatic heterocycles. The van der Waals surface area contributed by atoms with Crippen molar-refractivity contribution in [2.45, 2.75) is 31.8 Å². The van der Waals surface area contributed by atoms with Crippen molar-refractivity contribution in [2.24, 2.45) is 5.92 Å². The molecule has 0 spiro atoms. The molecule has 2 atom stereocenters. The Morgan fingerprint density at radius 2 is 2.24 bits per heavy atom. The van der Waals surface area contributed by atoms with Crippen molar-refractivity contribution in [1.29, 1.82) is 0 Å². The first kappa shape index (κ1) is 13.0. The van der Waals surface area contributed by atoms with E-state index in [0.717, 1.165) is 40.8 Å². The Kier molecular flexibility index (Phi) is 4.50. The van der Waals surface area contributed by atoms with Gasteiger partial charge in [0, 0.05) is 10.1 Å². The van der Waals surface area contributed by atoms with E-state index in [9.17, 15) is 5.11 Å². The molecule has 1 fully saturated rings. The summed E-state index contributed by atoms with van der Waals surface area (Å²) in [5, 5.41) is 13.0. The van der Waals surface area contributed by atoms with Gasteiger partial charge in [-0.2, -0.15) is 0 Å². The van der Waals surface area contributed by atoms with Crippen molar-refractivity contribution in [3.8, 4) is 0 Å². The molecule has 1 saturated carbocycles. The maximum atomic E-state index is 9.61. The zero-order chi connectivity index (χ0) is 12.3. The van der Waals surface area contributed by atoms with Gasteiger partial charge in [-0.15, -0.1) is 0 Å². The Morgan fingerprint density at radius 1 is 1.41 bits per heavy atom. The maximum absolute atomic E-state index is 9.61. The Bertz CT molecular complexity index is 384. The molecule has 0 amide bonds. The minimum Gasteiger partial charge on any atom is -0.397 e. The number of anilines is 2. The molecule has 1 aliphatic carbocycles. The van der Waals surface area contributed by atoms with E-state index in [0.29, 0.717) is 5.92 Å². The number of halogens is 1. The number of hydrogen-bond acceptors (Lipinski definition) is 3. The smallest absolute Gasteiger partial charge is 0.0574 e. The lowest BCUT2D eigenvalue weighted by molar-refractivity contribution is 0.105. The van der Waals surface area contributed by atoms with Crippen molar-refractivity contribution in [3.63, 3.8) is 0 Å². The van der Waals surface area contributed by atoms with Crippen LogP contribution in [0.2, 0.25) is 0 Å². The predicted octanol–water partition coefficient (Wildman–Crippen LogP) is 2.84. The van der Waals surface area contributed by atoms with Crippen LogP contribution < -0.4 is 11.1 Å².